The smallest absolute Gasteiger partial charge is 0.337 e. The minimum atomic E-state index is -6.16. The van der Waals surface area contributed by atoms with Crippen LogP contribution >= 0.6 is 20.8 Å². The maximum Gasteiger partial charge on any atom is 0.459 e. The highest BCUT2D eigenvalue weighted by molar-refractivity contribution is 7.17. The minimum Gasteiger partial charge on any atom is -0.337 e. The number of halogens is 8. The number of hydrogen-bond donors (Lipinski definition) is 2. The normalized spacial score (nSPS) is 15.1. The van der Waals surface area contributed by atoms with Gasteiger partial charge in [-0.15, -0.1) is 5.92 Å². The summed E-state index contributed by atoms with van der Waals surface area (Å²) in [6.45, 7) is 1.64. The van der Waals surface area contributed by atoms with Crippen molar-refractivity contribution in [3.63, 3.8) is 0 Å². The molecular weight excluding hydrogens is 562 g/mol. The Hall–Kier alpha value is -3.10. The molecule has 2 N–H and O–H groups in total. The van der Waals surface area contributed by atoms with Gasteiger partial charge < -0.3 is 10.3 Å². The van der Waals surface area contributed by atoms with E-state index in [1.807, 2.05) is 0 Å². The summed E-state index contributed by atoms with van der Waals surface area (Å²) in [7, 11) is 1.90. The number of nitrogens with zero attached hydrogens (tertiary/aromatic N) is 3. The molecule has 1 fully saturated rings. The Kier molecular flexibility index (Phi) is 6.81. The van der Waals surface area contributed by atoms with Crippen molar-refractivity contribution >= 4 is 26.7 Å². The number of alkyl halides is 7. The van der Waals surface area contributed by atoms with Crippen molar-refractivity contribution in [1.29, 1.82) is 0 Å². The Morgan fingerprint density at radius 2 is 1.87 bits per heavy atom. The lowest BCUT2D eigenvalue weighted by Gasteiger charge is -2.21. The van der Waals surface area contributed by atoms with Crippen LogP contribution in [0.1, 0.15) is 41.4 Å². The number of aryl methyl sites for hydroxylation is 1. The summed E-state index contributed by atoms with van der Waals surface area (Å²) in [5, 5.41) is 6.02. The van der Waals surface area contributed by atoms with E-state index in [0.717, 1.165) is 22.5 Å². The molecule has 15 heteroatoms. The first-order valence-electron chi connectivity index (χ1n) is 10.8. The molecule has 1 aliphatic carbocycles. The maximum absolute atomic E-state index is 14.4. The molecule has 0 saturated heterocycles. The predicted octanol–water partition coefficient (Wildman–Crippen LogP) is 5.99. The summed E-state index contributed by atoms with van der Waals surface area (Å²) in [6, 6.07) is 4.22. The van der Waals surface area contributed by atoms with E-state index in [9.17, 15) is 35.5 Å². The molecule has 0 radical (unpaired) electrons. The molecule has 0 bridgehead atoms. The zero-order valence-corrected chi connectivity index (χ0v) is 21.5. The van der Waals surface area contributed by atoms with Gasteiger partial charge in [0, 0.05) is 12.6 Å². The molecule has 2 aromatic heterocycles. The fraction of sp³-hybridized carbons (Fsp3) is 0.348. The van der Waals surface area contributed by atoms with Gasteiger partial charge in [0.15, 0.2) is 5.69 Å². The van der Waals surface area contributed by atoms with Crippen LogP contribution in [-0.2, 0) is 18.6 Å². The van der Waals surface area contributed by atoms with Crippen LogP contribution in [0.25, 0.3) is 22.8 Å². The highest BCUT2D eigenvalue weighted by Crippen LogP contribution is 2.51. The standard InChI is InChI=1S/C23H18ClF7N5OP/c1-3-6-20(7-8-20)34-19(37)12-9-11(4-5-13(12)24)18-32-10-14(33-18)16-15(22(27,28)38)17(35-36(16)2)21(25,26)23(29,30)31/h4-5,9-10H,7-8,38H2,1-2H3,(H,32,33)(H,34,37). The number of aromatic nitrogens is 4. The molecular formula is C23H18ClF7N5OP. The second-order valence-electron chi connectivity index (χ2n) is 8.64. The minimum absolute atomic E-state index is 0.00329. The molecule has 1 amide bonds. The largest absolute Gasteiger partial charge is 0.459 e. The van der Waals surface area contributed by atoms with Crippen LogP contribution in [0, 0.1) is 11.8 Å². The van der Waals surface area contributed by atoms with Gasteiger partial charge in [0.05, 0.1) is 33.7 Å². The molecule has 0 spiro atoms. The summed E-state index contributed by atoms with van der Waals surface area (Å²) in [4.78, 5) is 19.5. The van der Waals surface area contributed by atoms with Gasteiger partial charge in [0.1, 0.15) is 11.4 Å². The topological polar surface area (TPSA) is 75.6 Å². The molecule has 6 nitrogen and oxygen atoms in total. The monoisotopic (exact) mass is 579 g/mol. The Morgan fingerprint density at radius 3 is 2.42 bits per heavy atom. The number of benzene rings is 1. The second kappa shape index (κ2) is 9.27. The van der Waals surface area contributed by atoms with E-state index in [1.165, 1.54) is 18.2 Å². The molecule has 0 aliphatic heterocycles. The molecule has 4 rings (SSSR count). The third-order valence-electron chi connectivity index (χ3n) is 5.82. The van der Waals surface area contributed by atoms with Gasteiger partial charge in [0.2, 0.25) is 0 Å². The Bertz CT molecular complexity index is 1480. The van der Waals surface area contributed by atoms with E-state index in [1.54, 1.807) is 6.92 Å². The first kappa shape index (κ1) is 27.9. The van der Waals surface area contributed by atoms with Crippen LogP contribution in [0.15, 0.2) is 24.4 Å². The predicted molar refractivity (Wildman–Crippen MR) is 128 cm³/mol. The van der Waals surface area contributed by atoms with Crippen LogP contribution in [0.5, 0.6) is 0 Å². The van der Waals surface area contributed by atoms with Gasteiger partial charge in [0.25, 0.3) is 11.6 Å². The number of nitrogens with one attached hydrogen (secondary N) is 2. The van der Waals surface area contributed by atoms with Crippen molar-refractivity contribution in [2.75, 3.05) is 0 Å². The third-order valence-corrected chi connectivity index (χ3v) is 6.43. The Balaban J connectivity index is 1.76. The zero-order valence-electron chi connectivity index (χ0n) is 19.6. The maximum atomic E-state index is 14.4. The number of H-pyrrole nitrogens is 1. The fourth-order valence-corrected chi connectivity index (χ4v) is 4.34. The molecule has 1 saturated carbocycles. The lowest BCUT2D eigenvalue weighted by molar-refractivity contribution is -0.291. The van der Waals surface area contributed by atoms with E-state index >= 15 is 0 Å². The van der Waals surface area contributed by atoms with E-state index in [4.69, 9.17) is 11.6 Å². The quantitative estimate of drug-likeness (QED) is 0.214. The number of amides is 1. The van der Waals surface area contributed by atoms with Gasteiger partial charge in [-0.3, -0.25) is 9.48 Å². The molecule has 2 heterocycles. The first-order valence-corrected chi connectivity index (χ1v) is 11.8. The summed E-state index contributed by atoms with van der Waals surface area (Å²) in [5.41, 5.74) is -9.33. The van der Waals surface area contributed by atoms with E-state index in [2.05, 4.69) is 32.2 Å². The first-order chi connectivity index (χ1) is 17.5. The van der Waals surface area contributed by atoms with Crippen LogP contribution < -0.4 is 5.32 Å². The average Bonchev–Trinajstić information content (AvgIpc) is 3.21. The van der Waals surface area contributed by atoms with Gasteiger partial charge in [-0.25, -0.2) is 4.98 Å². The van der Waals surface area contributed by atoms with E-state index in [0.29, 0.717) is 17.5 Å². The van der Waals surface area contributed by atoms with E-state index in [-0.39, 0.29) is 27.7 Å². The highest BCUT2D eigenvalue weighted by Gasteiger charge is 2.63. The molecule has 202 valence electrons. The summed E-state index contributed by atoms with van der Waals surface area (Å²) in [6.07, 6.45) is -3.85. The van der Waals surface area contributed by atoms with Crippen molar-refractivity contribution in [3.8, 4) is 34.6 Å². The summed E-state index contributed by atoms with van der Waals surface area (Å²) < 4.78 is 96.6. The summed E-state index contributed by atoms with van der Waals surface area (Å²) >= 11 is 6.19. The van der Waals surface area contributed by atoms with Crippen molar-refractivity contribution in [3.05, 3.63) is 46.2 Å². The van der Waals surface area contributed by atoms with Gasteiger partial charge in [-0.05, 0) is 38.0 Å². The molecule has 1 atom stereocenters. The molecule has 3 aromatic rings. The van der Waals surface area contributed by atoms with Crippen molar-refractivity contribution < 1.29 is 35.5 Å². The van der Waals surface area contributed by atoms with Crippen molar-refractivity contribution in [2.45, 2.75) is 43.1 Å². The highest BCUT2D eigenvalue weighted by atomic mass is 35.5. The second-order valence-corrected chi connectivity index (χ2v) is 9.77. The lowest BCUT2D eigenvalue weighted by Crippen LogP contribution is -2.35. The average molecular weight is 580 g/mol. The SMILES string of the molecule is CC#CC1(NC(=O)c2cc(-c3ncc(-c4c(C(F)(F)P)c(C(F)(F)C(F)(F)F)nn4C)[nH]3)ccc2Cl)CC1. The van der Waals surface area contributed by atoms with Gasteiger partial charge >= 0.3 is 12.1 Å². The number of imidazole rings is 1. The number of carbonyl (C=O) groups excluding carboxylic acids is 1. The van der Waals surface area contributed by atoms with Crippen LogP contribution in [0.3, 0.4) is 0 Å². The molecule has 38 heavy (non-hydrogen) atoms. The fourth-order valence-electron chi connectivity index (χ4n) is 3.87. The molecule has 1 unspecified atom stereocenters. The molecule has 1 aliphatic rings. The zero-order chi connectivity index (χ0) is 28.3. The van der Waals surface area contributed by atoms with Crippen LogP contribution in [0.4, 0.5) is 30.7 Å². The van der Waals surface area contributed by atoms with Gasteiger partial charge in [-0.1, -0.05) is 26.8 Å². The van der Waals surface area contributed by atoms with E-state index < -0.39 is 46.2 Å². The number of aromatic amines is 1. The third kappa shape index (κ3) is 4.99. The Morgan fingerprint density at radius 1 is 1.21 bits per heavy atom. The molecule has 1 aromatic carbocycles. The van der Waals surface area contributed by atoms with Crippen molar-refractivity contribution in [2.24, 2.45) is 7.05 Å². The van der Waals surface area contributed by atoms with Crippen molar-refractivity contribution in [1.82, 2.24) is 25.1 Å². The number of hydrogen-bond acceptors (Lipinski definition) is 3. The van der Waals surface area contributed by atoms with Gasteiger partial charge in [-0.2, -0.15) is 35.8 Å². The number of carbonyl (C=O) groups is 1. The Labute approximate surface area is 218 Å². The van der Waals surface area contributed by atoms with Crippen LogP contribution in [0.2, 0.25) is 5.02 Å². The summed E-state index contributed by atoms with van der Waals surface area (Å²) in [5.74, 6) is -0.484. The lowest BCUT2D eigenvalue weighted by atomic mass is 10.1. The number of rotatable bonds is 6. The van der Waals surface area contributed by atoms with Crippen LogP contribution in [-0.4, -0.2) is 37.4 Å².